The molecule has 3 aromatic rings. The number of nitrogens with one attached hydrogen (secondary N) is 1. The zero-order chi connectivity index (χ0) is 13.9. The number of fused-ring (bicyclic) bond motifs is 1. The molecule has 4 heteroatoms. The molecule has 4 nitrogen and oxygen atoms in total. The summed E-state index contributed by atoms with van der Waals surface area (Å²) in [6, 6.07) is 12.7. The molecule has 1 aromatic carbocycles. The Morgan fingerprint density at radius 1 is 1.20 bits per heavy atom. The van der Waals surface area contributed by atoms with Crippen LogP contribution >= 0.6 is 0 Å². The predicted molar refractivity (Wildman–Crippen MR) is 80.8 cm³/mol. The van der Waals surface area contributed by atoms with E-state index in [1.165, 1.54) is 10.9 Å². The number of pyridine rings is 1. The van der Waals surface area contributed by atoms with Crippen LogP contribution < -0.4 is 5.32 Å². The zero-order valence-corrected chi connectivity index (χ0v) is 11.7. The van der Waals surface area contributed by atoms with Crippen molar-refractivity contribution < 1.29 is 0 Å². The fraction of sp³-hybridized carbons (Fsp3) is 0.250. The Labute approximate surface area is 118 Å². The van der Waals surface area contributed by atoms with Crippen LogP contribution in [0.1, 0.15) is 19.4 Å². The summed E-state index contributed by atoms with van der Waals surface area (Å²) in [6.45, 7) is 5.13. The number of aromatic nitrogens is 3. The molecule has 0 atom stereocenters. The summed E-state index contributed by atoms with van der Waals surface area (Å²) in [5.74, 6) is 0.856. The van der Waals surface area contributed by atoms with Gasteiger partial charge in [-0.1, -0.05) is 32.0 Å². The van der Waals surface area contributed by atoms with Crippen LogP contribution in [-0.2, 0) is 6.54 Å². The topological polar surface area (TPSA) is 42.7 Å². The molecule has 0 bridgehead atoms. The Morgan fingerprint density at radius 2 is 2.05 bits per heavy atom. The van der Waals surface area contributed by atoms with Crippen molar-refractivity contribution in [3.05, 3.63) is 54.4 Å². The molecule has 0 unspecified atom stereocenters. The van der Waals surface area contributed by atoms with Crippen molar-refractivity contribution in [3.8, 4) is 5.82 Å². The maximum Gasteiger partial charge on any atom is 0.154 e. The number of hydrogen-bond donors (Lipinski definition) is 1. The fourth-order valence-electron chi connectivity index (χ4n) is 2.21. The summed E-state index contributed by atoms with van der Waals surface area (Å²) >= 11 is 0. The van der Waals surface area contributed by atoms with Crippen LogP contribution in [0.2, 0.25) is 0 Å². The average molecular weight is 266 g/mol. The third-order valence-electron chi connectivity index (χ3n) is 3.23. The molecule has 2 aromatic heterocycles. The Hall–Kier alpha value is -2.20. The van der Waals surface area contributed by atoms with E-state index in [1.807, 2.05) is 24.4 Å². The maximum atomic E-state index is 4.68. The quantitative estimate of drug-likeness (QED) is 0.789. The van der Waals surface area contributed by atoms with Crippen molar-refractivity contribution in [3.63, 3.8) is 0 Å². The first-order valence-electron chi connectivity index (χ1n) is 6.86. The first kappa shape index (κ1) is 12.8. The minimum atomic E-state index is 0.454. The van der Waals surface area contributed by atoms with Gasteiger partial charge in [0.05, 0.1) is 5.52 Å². The second-order valence-electron chi connectivity index (χ2n) is 5.14. The van der Waals surface area contributed by atoms with Gasteiger partial charge in [0.2, 0.25) is 0 Å². The molecule has 0 fully saturated rings. The molecule has 0 radical (unpaired) electrons. The molecular formula is C16H18N4. The van der Waals surface area contributed by atoms with E-state index < -0.39 is 0 Å². The molecular weight excluding hydrogens is 248 g/mol. The van der Waals surface area contributed by atoms with Gasteiger partial charge >= 0.3 is 0 Å². The van der Waals surface area contributed by atoms with Crippen molar-refractivity contribution in [2.75, 3.05) is 0 Å². The lowest BCUT2D eigenvalue weighted by Crippen LogP contribution is -2.22. The van der Waals surface area contributed by atoms with E-state index >= 15 is 0 Å². The summed E-state index contributed by atoms with van der Waals surface area (Å²) in [7, 11) is 0. The minimum Gasteiger partial charge on any atom is -0.310 e. The standard InChI is InChI=1S/C16H18N4/c1-12(2)17-11-13-10-16(20-9-5-8-18-20)19-15-7-4-3-6-14(13)15/h3-10,12,17H,11H2,1-2H3. The number of nitrogens with zero attached hydrogens (tertiary/aromatic N) is 3. The first-order valence-corrected chi connectivity index (χ1v) is 6.86. The van der Waals surface area contributed by atoms with Gasteiger partial charge in [-0.2, -0.15) is 5.10 Å². The normalized spacial score (nSPS) is 11.3. The van der Waals surface area contributed by atoms with Crippen molar-refractivity contribution in [2.24, 2.45) is 0 Å². The summed E-state index contributed by atoms with van der Waals surface area (Å²) in [4.78, 5) is 4.68. The molecule has 0 aliphatic heterocycles. The molecule has 102 valence electrons. The van der Waals surface area contributed by atoms with Crippen LogP contribution in [0.5, 0.6) is 0 Å². The third-order valence-corrected chi connectivity index (χ3v) is 3.23. The summed E-state index contributed by atoms with van der Waals surface area (Å²) in [6.07, 6.45) is 3.68. The monoisotopic (exact) mass is 266 g/mol. The van der Waals surface area contributed by atoms with E-state index in [0.29, 0.717) is 6.04 Å². The van der Waals surface area contributed by atoms with E-state index in [-0.39, 0.29) is 0 Å². The highest BCUT2D eigenvalue weighted by atomic mass is 15.3. The maximum absolute atomic E-state index is 4.68. The predicted octanol–water partition coefficient (Wildman–Crippen LogP) is 2.92. The van der Waals surface area contributed by atoms with Gasteiger partial charge < -0.3 is 5.32 Å². The molecule has 1 N–H and O–H groups in total. The van der Waals surface area contributed by atoms with Crippen molar-refractivity contribution in [1.29, 1.82) is 0 Å². The Kier molecular flexibility index (Phi) is 3.48. The SMILES string of the molecule is CC(C)NCc1cc(-n2cccn2)nc2ccccc12. The van der Waals surface area contributed by atoms with Gasteiger partial charge in [0.25, 0.3) is 0 Å². The van der Waals surface area contributed by atoms with Crippen LogP contribution in [0, 0.1) is 0 Å². The van der Waals surface area contributed by atoms with Gasteiger partial charge in [0.15, 0.2) is 5.82 Å². The Morgan fingerprint density at radius 3 is 2.80 bits per heavy atom. The average Bonchev–Trinajstić information content (AvgIpc) is 2.98. The lowest BCUT2D eigenvalue weighted by Gasteiger charge is -2.12. The Balaban J connectivity index is 2.10. The number of benzene rings is 1. The molecule has 3 rings (SSSR count). The largest absolute Gasteiger partial charge is 0.310 e. The van der Waals surface area contributed by atoms with Gasteiger partial charge in [0.1, 0.15) is 0 Å². The molecule has 2 heterocycles. The van der Waals surface area contributed by atoms with Crippen LogP contribution in [0.15, 0.2) is 48.8 Å². The summed E-state index contributed by atoms with van der Waals surface area (Å²) in [5, 5.41) is 8.92. The molecule has 0 amide bonds. The lowest BCUT2D eigenvalue weighted by atomic mass is 10.1. The van der Waals surface area contributed by atoms with Crippen LogP contribution in [0.25, 0.3) is 16.7 Å². The Bertz CT molecular complexity index is 702. The highest BCUT2D eigenvalue weighted by Gasteiger charge is 2.07. The van der Waals surface area contributed by atoms with Gasteiger partial charge in [-0.15, -0.1) is 0 Å². The van der Waals surface area contributed by atoms with Gasteiger partial charge in [-0.3, -0.25) is 0 Å². The molecule has 0 spiro atoms. The van der Waals surface area contributed by atoms with Gasteiger partial charge in [-0.25, -0.2) is 9.67 Å². The van der Waals surface area contributed by atoms with E-state index in [1.54, 1.807) is 10.9 Å². The summed E-state index contributed by atoms with van der Waals surface area (Å²) in [5.41, 5.74) is 2.25. The minimum absolute atomic E-state index is 0.454. The number of rotatable bonds is 4. The second kappa shape index (κ2) is 5.43. The third kappa shape index (κ3) is 2.56. The van der Waals surface area contributed by atoms with E-state index in [9.17, 15) is 0 Å². The lowest BCUT2D eigenvalue weighted by molar-refractivity contribution is 0.590. The first-order chi connectivity index (χ1) is 9.74. The van der Waals surface area contributed by atoms with Crippen molar-refractivity contribution in [2.45, 2.75) is 26.4 Å². The van der Waals surface area contributed by atoms with E-state index in [4.69, 9.17) is 0 Å². The molecule has 0 aliphatic rings. The van der Waals surface area contributed by atoms with Gasteiger partial charge in [-0.05, 0) is 23.8 Å². The van der Waals surface area contributed by atoms with Crippen molar-refractivity contribution >= 4 is 10.9 Å². The highest BCUT2D eigenvalue weighted by Crippen LogP contribution is 2.20. The second-order valence-corrected chi connectivity index (χ2v) is 5.14. The van der Waals surface area contributed by atoms with E-state index in [2.05, 4.69) is 47.4 Å². The molecule has 0 aliphatic carbocycles. The highest BCUT2D eigenvalue weighted by molar-refractivity contribution is 5.83. The molecule has 0 saturated carbocycles. The van der Waals surface area contributed by atoms with Crippen LogP contribution in [0.3, 0.4) is 0 Å². The molecule has 0 saturated heterocycles. The van der Waals surface area contributed by atoms with Crippen molar-refractivity contribution in [1.82, 2.24) is 20.1 Å². The van der Waals surface area contributed by atoms with Crippen LogP contribution in [0.4, 0.5) is 0 Å². The number of hydrogen-bond acceptors (Lipinski definition) is 3. The smallest absolute Gasteiger partial charge is 0.154 e. The number of para-hydroxylation sites is 1. The summed E-state index contributed by atoms with van der Waals surface area (Å²) < 4.78 is 1.80. The van der Waals surface area contributed by atoms with Gasteiger partial charge in [0, 0.05) is 30.4 Å². The van der Waals surface area contributed by atoms with E-state index in [0.717, 1.165) is 17.9 Å². The van der Waals surface area contributed by atoms with Crippen LogP contribution in [-0.4, -0.2) is 20.8 Å². The fourth-order valence-corrected chi connectivity index (χ4v) is 2.21. The molecule has 20 heavy (non-hydrogen) atoms. The zero-order valence-electron chi connectivity index (χ0n) is 11.7.